The van der Waals surface area contributed by atoms with Gasteiger partial charge in [-0.15, -0.1) is 0 Å². The van der Waals surface area contributed by atoms with Crippen LogP contribution in [0.4, 0.5) is 11.5 Å². The summed E-state index contributed by atoms with van der Waals surface area (Å²) in [7, 11) is 0. The van der Waals surface area contributed by atoms with Gasteiger partial charge in [0, 0.05) is 5.69 Å². The van der Waals surface area contributed by atoms with Crippen LogP contribution < -0.4 is 11.1 Å². The van der Waals surface area contributed by atoms with Gasteiger partial charge < -0.3 is 11.1 Å². The summed E-state index contributed by atoms with van der Waals surface area (Å²) in [6, 6.07) is 6.96. The molecule has 0 aliphatic rings. The summed E-state index contributed by atoms with van der Waals surface area (Å²) in [4.78, 5) is 20.1. The third-order valence-corrected chi connectivity index (χ3v) is 2.36. The zero-order chi connectivity index (χ0) is 13.1. The highest BCUT2D eigenvalue weighted by atomic mass is 16.1. The Morgan fingerprint density at radius 3 is 2.67 bits per heavy atom. The highest BCUT2D eigenvalue weighted by molar-refractivity contribution is 6.02. The molecule has 5 nitrogen and oxygen atoms in total. The van der Waals surface area contributed by atoms with Crippen molar-refractivity contribution in [3.63, 3.8) is 0 Å². The summed E-state index contributed by atoms with van der Waals surface area (Å²) in [6.07, 6.45) is 1.45. The van der Waals surface area contributed by atoms with Gasteiger partial charge in [-0.1, -0.05) is 0 Å². The number of rotatable bonds is 2. The molecule has 0 saturated heterocycles. The van der Waals surface area contributed by atoms with E-state index in [4.69, 9.17) is 5.73 Å². The maximum Gasteiger partial charge on any atom is 0.275 e. The van der Waals surface area contributed by atoms with Crippen LogP contribution in [0.25, 0.3) is 0 Å². The summed E-state index contributed by atoms with van der Waals surface area (Å²) in [6.45, 7) is 3.83. The van der Waals surface area contributed by atoms with Crippen LogP contribution in [0.1, 0.15) is 21.7 Å². The first kappa shape index (κ1) is 12.0. The van der Waals surface area contributed by atoms with Gasteiger partial charge in [-0.2, -0.15) is 0 Å². The van der Waals surface area contributed by atoms with Crippen LogP contribution in [0.2, 0.25) is 0 Å². The van der Waals surface area contributed by atoms with Crippen LogP contribution in [0.15, 0.2) is 30.5 Å². The smallest absolute Gasteiger partial charge is 0.275 e. The van der Waals surface area contributed by atoms with Crippen molar-refractivity contribution in [1.82, 2.24) is 9.97 Å². The third-order valence-electron chi connectivity index (χ3n) is 2.36. The average molecular weight is 242 g/mol. The number of nitrogen functional groups attached to an aromatic ring is 1. The maximum absolute atomic E-state index is 11.9. The normalized spacial score (nSPS) is 10.1. The molecule has 0 spiro atoms. The van der Waals surface area contributed by atoms with E-state index < -0.39 is 0 Å². The lowest BCUT2D eigenvalue weighted by Crippen LogP contribution is -2.15. The van der Waals surface area contributed by atoms with E-state index in [1.807, 2.05) is 26.0 Å². The number of carbonyl (C=O) groups is 1. The van der Waals surface area contributed by atoms with Crippen molar-refractivity contribution >= 4 is 17.4 Å². The molecule has 5 heteroatoms. The summed E-state index contributed by atoms with van der Waals surface area (Å²) in [5.41, 5.74) is 8.25. The molecule has 0 unspecified atom stereocenters. The van der Waals surface area contributed by atoms with E-state index in [0.29, 0.717) is 17.2 Å². The molecule has 0 fully saturated rings. The molecular weight excluding hydrogens is 228 g/mol. The molecule has 2 rings (SSSR count). The topological polar surface area (TPSA) is 80.9 Å². The summed E-state index contributed by atoms with van der Waals surface area (Å²) < 4.78 is 0. The fourth-order valence-electron chi connectivity index (χ4n) is 1.63. The van der Waals surface area contributed by atoms with Gasteiger partial charge in [0.1, 0.15) is 11.5 Å². The number of amides is 1. The van der Waals surface area contributed by atoms with Crippen molar-refractivity contribution in [1.29, 1.82) is 0 Å². The third kappa shape index (κ3) is 2.82. The number of nitrogens with two attached hydrogens (primary N) is 1. The second-order valence-electron chi connectivity index (χ2n) is 4.10. The monoisotopic (exact) mass is 242 g/mol. The molecule has 0 aliphatic heterocycles. The highest BCUT2D eigenvalue weighted by Crippen LogP contribution is 2.10. The first-order valence-electron chi connectivity index (χ1n) is 5.53. The molecule has 2 aromatic rings. The number of nitrogens with zero attached hydrogens (tertiary/aromatic N) is 2. The largest absolute Gasteiger partial charge is 0.397 e. The summed E-state index contributed by atoms with van der Waals surface area (Å²) in [5, 5.41) is 2.71. The predicted molar refractivity (Wildman–Crippen MR) is 70.3 cm³/mol. The van der Waals surface area contributed by atoms with Crippen LogP contribution in [0.3, 0.4) is 0 Å². The van der Waals surface area contributed by atoms with Gasteiger partial charge in [0.2, 0.25) is 0 Å². The Kier molecular flexibility index (Phi) is 3.23. The minimum Gasteiger partial charge on any atom is -0.397 e. The Morgan fingerprint density at radius 1 is 1.28 bits per heavy atom. The molecule has 18 heavy (non-hydrogen) atoms. The zero-order valence-electron chi connectivity index (χ0n) is 10.3. The molecule has 3 N–H and O–H groups in total. The lowest BCUT2D eigenvalue weighted by atomic mass is 10.2. The number of hydrogen-bond acceptors (Lipinski definition) is 4. The predicted octanol–water partition coefficient (Wildman–Crippen LogP) is 1.93. The van der Waals surface area contributed by atoms with Gasteiger partial charge in [0.05, 0.1) is 11.9 Å². The number of carbonyl (C=O) groups excluding carboxylic acids is 1. The van der Waals surface area contributed by atoms with Gasteiger partial charge >= 0.3 is 0 Å². The van der Waals surface area contributed by atoms with Crippen molar-refractivity contribution < 1.29 is 4.79 Å². The number of anilines is 2. The van der Waals surface area contributed by atoms with E-state index in [1.165, 1.54) is 6.20 Å². The van der Waals surface area contributed by atoms with Gasteiger partial charge in [-0.3, -0.25) is 4.79 Å². The highest BCUT2D eigenvalue weighted by Gasteiger charge is 2.08. The number of pyridine rings is 2. The van der Waals surface area contributed by atoms with Gasteiger partial charge in [-0.05, 0) is 43.7 Å². The van der Waals surface area contributed by atoms with Crippen LogP contribution in [0.5, 0.6) is 0 Å². The van der Waals surface area contributed by atoms with E-state index in [1.54, 1.807) is 12.1 Å². The number of aromatic nitrogens is 2. The fourth-order valence-corrected chi connectivity index (χ4v) is 1.63. The van der Waals surface area contributed by atoms with Crippen LogP contribution >= 0.6 is 0 Å². The SMILES string of the molecule is Cc1cc(C)nc(NC(=O)c2ccc(N)cn2)c1. The number of aryl methyl sites for hydroxylation is 2. The average Bonchev–Trinajstić information content (AvgIpc) is 2.28. The van der Waals surface area contributed by atoms with E-state index in [2.05, 4.69) is 15.3 Å². The lowest BCUT2D eigenvalue weighted by Gasteiger charge is -2.06. The molecular formula is C13H14N4O. The van der Waals surface area contributed by atoms with Crippen molar-refractivity contribution in [3.05, 3.63) is 47.4 Å². The van der Waals surface area contributed by atoms with Gasteiger partial charge in [0.15, 0.2) is 0 Å². The molecule has 0 radical (unpaired) electrons. The zero-order valence-corrected chi connectivity index (χ0v) is 10.3. The van der Waals surface area contributed by atoms with Crippen molar-refractivity contribution in [2.75, 3.05) is 11.1 Å². The molecule has 92 valence electrons. The van der Waals surface area contributed by atoms with Crippen LogP contribution in [-0.4, -0.2) is 15.9 Å². The van der Waals surface area contributed by atoms with E-state index in [9.17, 15) is 4.79 Å². The quantitative estimate of drug-likeness (QED) is 0.843. The Morgan fingerprint density at radius 2 is 2.06 bits per heavy atom. The fraction of sp³-hybridized carbons (Fsp3) is 0.154. The number of hydrogen-bond donors (Lipinski definition) is 2. The summed E-state index contributed by atoms with van der Waals surface area (Å²) in [5.74, 6) is 0.226. The van der Waals surface area contributed by atoms with Gasteiger partial charge in [-0.25, -0.2) is 9.97 Å². The van der Waals surface area contributed by atoms with E-state index in [-0.39, 0.29) is 5.91 Å². The Bertz CT molecular complexity index is 558. The second-order valence-corrected chi connectivity index (χ2v) is 4.10. The van der Waals surface area contributed by atoms with Crippen LogP contribution in [0, 0.1) is 13.8 Å². The Hall–Kier alpha value is -2.43. The van der Waals surface area contributed by atoms with E-state index in [0.717, 1.165) is 11.3 Å². The molecule has 0 bridgehead atoms. The molecule has 0 aliphatic carbocycles. The summed E-state index contributed by atoms with van der Waals surface area (Å²) >= 11 is 0. The molecule has 2 heterocycles. The minimum atomic E-state index is -0.299. The van der Waals surface area contributed by atoms with Gasteiger partial charge in [0.25, 0.3) is 5.91 Å². The van der Waals surface area contributed by atoms with Crippen LogP contribution in [-0.2, 0) is 0 Å². The van der Waals surface area contributed by atoms with E-state index >= 15 is 0 Å². The van der Waals surface area contributed by atoms with Crippen molar-refractivity contribution in [2.24, 2.45) is 0 Å². The molecule has 1 amide bonds. The number of nitrogens with one attached hydrogen (secondary N) is 1. The Labute approximate surface area is 105 Å². The Balaban J connectivity index is 2.18. The molecule has 2 aromatic heterocycles. The maximum atomic E-state index is 11.9. The molecule has 0 aromatic carbocycles. The van der Waals surface area contributed by atoms with Crippen molar-refractivity contribution in [3.8, 4) is 0 Å². The first-order chi connectivity index (χ1) is 8.54. The van der Waals surface area contributed by atoms with Crippen molar-refractivity contribution in [2.45, 2.75) is 13.8 Å². The molecule has 0 atom stereocenters. The standard InChI is InChI=1S/C13H14N4O/c1-8-5-9(2)16-12(6-8)17-13(18)11-4-3-10(14)7-15-11/h3-7H,14H2,1-2H3,(H,16,17,18). The lowest BCUT2D eigenvalue weighted by molar-refractivity contribution is 0.102. The first-order valence-corrected chi connectivity index (χ1v) is 5.53. The second kappa shape index (κ2) is 4.83. The molecule has 0 saturated carbocycles. The minimum absolute atomic E-state index is 0.299.